The van der Waals surface area contributed by atoms with Gasteiger partial charge in [0, 0.05) is 42.7 Å². The van der Waals surface area contributed by atoms with Gasteiger partial charge in [-0.3, -0.25) is 4.79 Å². The third-order valence-electron chi connectivity index (χ3n) is 5.88. The number of hydrogen-bond acceptors (Lipinski definition) is 4. The molecular formula is C25H23N3O3. The Labute approximate surface area is 180 Å². The number of methoxy groups -OCH3 is 2. The zero-order valence-corrected chi connectivity index (χ0v) is 17.5. The number of nitrogens with zero attached hydrogens (tertiary/aromatic N) is 3. The van der Waals surface area contributed by atoms with Crippen LogP contribution in [-0.4, -0.2) is 41.1 Å². The van der Waals surface area contributed by atoms with Gasteiger partial charge in [0.1, 0.15) is 17.3 Å². The van der Waals surface area contributed by atoms with Crippen LogP contribution >= 0.6 is 0 Å². The molecule has 0 atom stereocenters. The van der Waals surface area contributed by atoms with Crippen molar-refractivity contribution in [3.8, 4) is 22.6 Å². The fourth-order valence-electron chi connectivity index (χ4n) is 4.27. The van der Waals surface area contributed by atoms with E-state index in [9.17, 15) is 4.79 Å². The maximum absolute atomic E-state index is 13.4. The molecule has 0 saturated heterocycles. The summed E-state index contributed by atoms with van der Waals surface area (Å²) in [5, 5.41) is 1.94. The molecule has 1 aliphatic heterocycles. The summed E-state index contributed by atoms with van der Waals surface area (Å²) in [7, 11) is 3.29. The second-order valence-corrected chi connectivity index (χ2v) is 7.54. The molecule has 0 unspecified atom stereocenters. The molecule has 156 valence electrons. The second kappa shape index (κ2) is 7.80. The first-order valence-corrected chi connectivity index (χ1v) is 10.2. The minimum Gasteiger partial charge on any atom is -0.497 e. The zero-order chi connectivity index (χ0) is 21.4. The van der Waals surface area contributed by atoms with Crippen molar-refractivity contribution in [2.45, 2.75) is 13.1 Å². The number of imidazole rings is 1. The van der Waals surface area contributed by atoms with Crippen LogP contribution in [0.5, 0.6) is 11.5 Å². The van der Waals surface area contributed by atoms with Crippen LogP contribution in [-0.2, 0) is 13.1 Å². The predicted molar refractivity (Wildman–Crippen MR) is 119 cm³/mol. The molecule has 1 aromatic heterocycles. The highest BCUT2D eigenvalue weighted by molar-refractivity contribution is 6.10. The van der Waals surface area contributed by atoms with E-state index < -0.39 is 0 Å². The van der Waals surface area contributed by atoms with Gasteiger partial charge in [-0.2, -0.15) is 0 Å². The van der Waals surface area contributed by atoms with E-state index in [-0.39, 0.29) is 5.91 Å². The summed E-state index contributed by atoms with van der Waals surface area (Å²) in [4.78, 5) is 19.7. The molecule has 0 bridgehead atoms. The lowest BCUT2D eigenvalue weighted by Crippen LogP contribution is -2.38. The van der Waals surface area contributed by atoms with Crippen LogP contribution < -0.4 is 9.47 Å². The lowest BCUT2D eigenvalue weighted by atomic mass is 9.94. The van der Waals surface area contributed by atoms with Gasteiger partial charge in [0.2, 0.25) is 0 Å². The summed E-state index contributed by atoms with van der Waals surface area (Å²) in [5.74, 6) is 2.41. The van der Waals surface area contributed by atoms with Crippen LogP contribution in [0.4, 0.5) is 0 Å². The van der Waals surface area contributed by atoms with E-state index in [4.69, 9.17) is 9.47 Å². The molecule has 5 rings (SSSR count). The van der Waals surface area contributed by atoms with Crippen molar-refractivity contribution in [3.63, 3.8) is 0 Å². The monoisotopic (exact) mass is 413 g/mol. The molecule has 1 aliphatic rings. The number of aromatic nitrogens is 2. The van der Waals surface area contributed by atoms with E-state index >= 15 is 0 Å². The molecule has 6 nitrogen and oxygen atoms in total. The van der Waals surface area contributed by atoms with Crippen molar-refractivity contribution in [2.24, 2.45) is 0 Å². The molecule has 6 heteroatoms. The zero-order valence-electron chi connectivity index (χ0n) is 17.5. The minimum absolute atomic E-state index is 0.0266. The van der Waals surface area contributed by atoms with Crippen LogP contribution in [0.1, 0.15) is 16.2 Å². The number of benzene rings is 3. The average Bonchev–Trinajstić information content (AvgIpc) is 3.30. The van der Waals surface area contributed by atoms with Crippen molar-refractivity contribution < 1.29 is 14.3 Å². The molecule has 0 saturated carbocycles. The molecule has 0 N–H and O–H groups in total. The maximum Gasteiger partial charge on any atom is 0.254 e. The van der Waals surface area contributed by atoms with Crippen molar-refractivity contribution in [1.82, 2.24) is 14.5 Å². The molecule has 0 spiro atoms. The predicted octanol–water partition coefficient (Wildman–Crippen LogP) is 4.38. The third kappa shape index (κ3) is 3.30. The molecule has 4 aromatic rings. The van der Waals surface area contributed by atoms with Gasteiger partial charge < -0.3 is 18.9 Å². The van der Waals surface area contributed by atoms with Crippen LogP contribution in [0.25, 0.3) is 21.9 Å². The highest BCUT2D eigenvalue weighted by Crippen LogP contribution is 2.38. The standard InChI is InChI=1S/C25H23N3O3/c1-30-17-9-10-21(23(15-17)31-2)19-6-3-7-20-18(19)5-4-8-22(20)25(29)28-14-13-27-12-11-26-24(27)16-28/h3-12,15H,13-14,16H2,1-2H3. The topological polar surface area (TPSA) is 56.6 Å². The number of carbonyl (C=O) groups is 1. The first-order valence-electron chi connectivity index (χ1n) is 10.2. The first-order chi connectivity index (χ1) is 15.2. The lowest BCUT2D eigenvalue weighted by Gasteiger charge is -2.28. The Morgan fingerprint density at radius 3 is 2.61 bits per heavy atom. The Morgan fingerprint density at radius 2 is 1.77 bits per heavy atom. The van der Waals surface area contributed by atoms with Gasteiger partial charge in [0.05, 0.1) is 20.8 Å². The summed E-state index contributed by atoms with van der Waals surface area (Å²) in [6.07, 6.45) is 3.75. The number of amides is 1. The SMILES string of the molecule is COc1ccc(-c2cccc3c(C(=O)N4CCn5ccnc5C4)cccc23)c(OC)c1. The van der Waals surface area contributed by atoms with E-state index in [2.05, 4.69) is 15.6 Å². The highest BCUT2D eigenvalue weighted by Gasteiger charge is 2.24. The molecule has 0 fully saturated rings. The summed E-state index contributed by atoms with van der Waals surface area (Å²) in [5.41, 5.74) is 2.67. The maximum atomic E-state index is 13.4. The normalized spacial score (nSPS) is 13.2. The fourth-order valence-corrected chi connectivity index (χ4v) is 4.27. The number of fused-ring (bicyclic) bond motifs is 2. The second-order valence-electron chi connectivity index (χ2n) is 7.54. The fraction of sp³-hybridized carbons (Fsp3) is 0.200. The Kier molecular flexibility index (Phi) is 4.82. The van der Waals surface area contributed by atoms with Crippen molar-refractivity contribution >= 4 is 16.7 Å². The van der Waals surface area contributed by atoms with Crippen LogP contribution in [0.3, 0.4) is 0 Å². The number of ether oxygens (including phenoxy) is 2. The smallest absolute Gasteiger partial charge is 0.254 e. The van der Waals surface area contributed by atoms with Crippen LogP contribution in [0.15, 0.2) is 67.0 Å². The van der Waals surface area contributed by atoms with E-state index in [1.807, 2.05) is 59.6 Å². The summed E-state index contributed by atoms with van der Waals surface area (Å²) in [6.45, 7) is 1.96. The molecule has 3 aromatic carbocycles. The number of rotatable bonds is 4. The summed E-state index contributed by atoms with van der Waals surface area (Å²) in [6, 6.07) is 17.7. The minimum atomic E-state index is 0.0266. The van der Waals surface area contributed by atoms with Gasteiger partial charge in [-0.05, 0) is 34.5 Å². The molecule has 1 amide bonds. The Morgan fingerprint density at radius 1 is 0.935 bits per heavy atom. The molecular weight excluding hydrogens is 390 g/mol. The highest BCUT2D eigenvalue weighted by atomic mass is 16.5. The molecule has 0 radical (unpaired) electrons. The molecule has 31 heavy (non-hydrogen) atoms. The van der Waals surface area contributed by atoms with Gasteiger partial charge in [0.15, 0.2) is 0 Å². The lowest BCUT2D eigenvalue weighted by molar-refractivity contribution is 0.0709. The average molecular weight is 413 g/mol. The van der Waals surface area contributed by atoms with Crippen LogP contribution in [0.2, 0.25) is 0 Å². The van der Waals surface area contributed by atoms with Gasteiger partial charge in [0.25, 0.3) is 5.91 Å². The summed E-state index contributed by atoms with van der Waals surface area (Å²) >= 11 is 0. The Bertz CT molecular complexity index is 1280. The Balaban J connectivity index is 1.58. The van der Waals surface area contributed by atoms with Gasteiger partial charge in [-0.1, -0.05) is 30.3 Å². The largest absolute Gasteiger partial charge is 0.497 e. The van der Waals surface area contributed by atoms with E-state index in [0.717, 1.165) is 45.8 Å². The molecule has 2 heterocycles. The van der Waals surface area contributed by atoms with Crippen molar-refractivity contribution in [1.29, 1.82) is 0 Å². The number of carbonyl (C=O) groups excluding carboxylic acids is 1. The van der Waals surface area contributed by atoms with E-state index in [0.29, 0.717) is 18.7 Å². The number of hydrogen-bond donors (Lipinski definition) is 0. The van der Waals surface area contributed by atoms with Gasteiger partial charge in [-0.15, -0.1) is 0 Å². The first kappa shape index (κ1) is 19.2. The van der Waals surface area contributed by atoms with Crippen molar-refractivity contribution in [2.75, 3.05) is 20.8 Å². The molecule has 0 aliphatic carbocycles. The van der Waals surface area contributed by atoms with Crippen molar-refractivity contribution in [3.05, 3.63) is 78.4 Å². The van der Waals surface area contributed by atoms with E-state index in [1.54, 1.807) is 20.4 Å². The Hall–Kier alpha value is -3.80. The quantitative estimate of drug-likeness (QED) is 0.498. The van der Waals surface area contributed by atoms with Gasteiger partial charge >= 0.3 is 0 Å². The van der Waals surface area contributed by atoms with Crippen LogP contribution in [0, 0.1) is 0 Å². The van der Waals surface area contributed by atoms with E-state index in [1.165, 1.54) is 0 Å². The third-order valence-corrected chi connectivity index (χ3v) is 5.88. The summed E-state index contributed by atoms with van der Waals surface area (Å²) < 4.78 is 13.1. The van der Waals surface area contributed by atoms with Gasteiger partial charge in [-0.25, -0.2) is 4.98 Å².